The number of benzene rings is 1. The lowest BCUT2D eigenvalue weighted by Crippen LogP contribution is -2.28. The quantitative estimate of drug-likeness (QED) is 0.902. The predicted octanol–water partition coefficient (Wildman–Crippen LogP) is 2.47. The zero-order valence-electron chi connectivity index (χ0n) is 10.5. The number of rotatable bonds is 4. The molecule has 0 atom stereocenters. The molecule has 19 heavy (non-hydrogen) atoms. The molecule has 100 valence electrons. The van der Waals surface area contributed by atoms with Gasteiger partial charge in [0.1, 0.15) is 11.5 Å². The zero-order valence-corrected chi connectivity index (χ0v) is 11.4. The van der Waals surface area contributed by atoms with Crippen LogP contribution in [0.25, 0.3) is 0 Å². The molecule has 0 unspecified atom stereocenters. The van der Waals surface area contributed by atoms with Crippen LogP contribution in [0.4, 0.5) is 0 Å². The maximum absolute atomic E-state index is 12.1. The number of hydrogen-bond acceptors (Lipinski definition) is 4. The maximum Gasteiger partial charge on any atom is 0.257 e. The van der Waals surface area contributed by atoms with Crippen molar-refractivity contribution in [2.45, 2.75) is 6.42 Å². The molecule has 2 aromatic rings. The highest BCUT2D eigenvalue weighted by atomic mass is 32.1. The number of thiophene rings is 1. The summed E-state index contributed by atoms with van der Waals surface area (Å²) in [5.74, 6) is -0.516. The number of carbonyl (C=O) groups is 1. The highest BCUT2D eigenvalue weighted by Crippen LogP contribution is 2.23. The SMILES string of the molecule is CN(CCc1cccs1)C(=O)c1ccc(O)cc1O. The topological polar surface area (TPSA) is 60.8 Å². The summed E-state index contributed by atoms with van der Waals surface area (Å²) in [6.45, 7) is 0.583. The largest absolute Gasteiger partial charge is 0.508 e. The second kappa shape index (κ2) is 5.75. The van der Waals surface area contributed by atoms with Crippen molar-refractivity contribution < 1.29 is 15.0 Å². The molecule has 0 spiro atoms. The summed E-state index contributed by atoms with van der Waals surface area (Å²) in [6.07, 6.45) is 0.790. The van der Waals surface area contributed by atoms with Gasteiger partial charge in [-0.2, -0.15) is 0 Å². The number of carbonyl (C=O) groups excluding carboxylic acids is 1. The van der Waals surface area contributed by atoms with Crippen molar-refractivity contribution in [2.75, 3.05) is 13.6 Å². The van der Waals surface area contributed by atoms with E-state index in [0.29, 0.717) is 6.54 Å². The van der Waals surface area contributed by atoms with E-state index in [4.69, 9.17) is 0 Å². The van der Waals surface area contributed by atoms with E-state index in [1.54, 1.807) is 23.3 Å². The Morgan fingerprint density at radius 1 is 1.32 bits per heavy atom. The molecule has 0 saturated carbocycles. The minimum absolute atomic E-state index is 0.0599. The van der Waals surface area contributed by atoms with Crippen LogP contribution in [0.15, 0.2) is 35.7 Å². The fraction of sp³-hybridized carbons (Fsp3) is 0.214. The Morgan fingerprint density at radius 2 is 2.11 bits per heavy atom. The third kappa shape index (κ3) is 3.26. The van der Waals surface area contributed by atoms with Crippen molar-refractivity contribution >= 4 is 17.2 Å². The highest BCUT2D eigenvalue weighted by molar-refractivity contribution is 7.09. The minimum atomic E-state index is -0.256. The average molecular weight is 277 g/mol. The van der Waals surface area contributed by atoms with E-state index in [1.165, 1.54) is 23.1 Å². The lowest BCUT2D eigenvalue weighted by molar-refractivity contribution is 0.0794. The summed E-state index contributed by atoms with van der Waals surface area (Å²) < 4.78 is 0. The number of likely N-dealkylation sites (N-methyl/N-ethyl adjacent to an activating group) is 1. The minimum Gasteiger partial charge on any atom is -0.508 e. The summed E-state index contributed by atoms with van der Waals surface area (Å²) in [5.41, 5.74) is 0.200. The van der Waals surface area contributed by atoms with Crippen LogP contribution in [0.5, 0.6) is 11.5 Å². The summed E-state index contributed by atoms with van der Waals surface area (Å²) in [4.78, 5) is 14.9. The molecular formula is C14H15NO3S. The summed E-state index contributed by atoms with van der Waals surface area (Å²) in [7, 11) is 1.70. The zero-order chi connectivity index (χ0) is 13.8. The van der Waals surface area contributed by atoms with Crippen LogP contribution in [0, 0.1) is 0 Å². The first-order valence-electron chi connectivity index (χ1n) is 5.88. The van der Waals surface area contributed by atoms with Gasteiger partial charge in [-0.05, 0) is 30.0 Å². The molecule has 0 fully saturated rings. The van der Waals surface area contributed by atoms with Gasteiger partial charge >= 0.3 is 0 Å². The van der Waals surface area contributed by atoms with Gasteiger partial charge < -0.3 is 15.1 Å². The van der Waals surface area contributed by atoms with E-state index in [1.807, 2.05) is 17.5 Å². The first-order valence-corrected chi connectivity index (χ1v) is 6.75. The van der Waals surface area contributed by atoms with E-state index in [9.17, 15) is 15.0 Å². The number of nitrogens with zero attached hydrogens (tertiary/aromatic N) is 1. The molecule has 0 bridgehead atoms. The van der Waals surface area contributed by atoms with Crippen LogP contribution < -0.4 is 0 Å². The van der Waals surface area contributed by atoms with Crippen molar-refractivity contribution in [2.24, 2.45) is 0 Å². The van der Waals surface area contributed by atoms with Crippen molar-refractivity contribution in [1.29, 1.82) is 0 Å². The van der Waals surface area contributed by atoms with Gasteiger partial charge in [0.2, 0.25) is 0 Å². The standard InChI is InChI=1S/C14H15NO3S/c1-15(7-6-11-3-2-8-19-11)14(18)12-5-4-10(16)9-13(12)17/h2-5,8-9,16-17H,6-7H2,1H3. The van der Waals surface area contributed by atoms with Crippen LogP contribution in [-0.2, 0) is 6.42 Å². The number of phenolic OH excluding ortho intramolecular Hbond substituents is 2. The number of amides is 1. The Kier molecular flexibility index (Phi) is 4.06. The first-order chi connectivity index (χ1) is 9.08. The molecule has 2 rings (SSSR count). The van der Waals surface area contributed by atoms with Gasteiger partial charge in [0.25, 0.3) is 5.91 Å². The molecule has 0 saturated heterocycles. The third-order valence-electron chi connectivity index (χ3n) is 2.83. The number of aromatic hydroxyl groups is 2. The lowest BCUT2D eigenvalue weighted by atomic mass is 10.1. The Hall–Kier alpha value is -2.01. The van der Waals surface area contributed by atoms with E-state index >= 15 is 0 Å². The van der Waals surface area contributed by atoms with Crippen LogP contribution in [-0.4, -0.2) is 34.6 Å². The summed E-state index contributed by atoms with van der Waals surface area (Å²) in [5, 5.41) is 20.9. The van der Waals surface area contributed by atoms with Crippen molar-refractivity contribution in [3.8, 4) is 11.5 Å². The molecule has 1 amide bonds. The van der Waals surface area contributed by atoms with Gasteiger partial charge in [-0.1, -0.05) is 6.07 Å². The molecule has 2 N–H and O–H groups in total. The van der Waals surface area contributed by atoms with Crippen molar-refractivity contribution in [3.63, 3.8) is 0 Å². The van der Waals surface area contributed by atoms with E-state index in [2.05, 4.69) is 0 Å². The van der Waals surface area contributed by atoms with Crippen LogP contribution in [0.1, 0.15) is 15.2 Å². The van der Waals surface area contributed by atoms with Gasteiger partial charge in [-0.3, -0.25) is 4.79 Å². The smallest absolute Gasteiger partial charge is 0.257 e. The molecule has 4 nitrogen and oxygen atoms in total. The van der Waals surface area contributed by atoms with Gasteiger partial charge in [-0.25, -0.2) is 0 Å². The molecular weight excluding hydrogens is 262 g/mol. The molecule has 0 radical (unpaired) electrons. The van der Waals surface area contributed by atoms with E-state index in [-0.39, 0.29) is 23.0 Å². The first kappa shape index (κ1) is 13.4. The van der Waals surface area contributed by atoms with Crippen LogP contribution in [0.2, 0.25) is 0 Å². The summed E-state index contributed by atoms with van der Waals surface area (Å²) >= 11 is 1.66. The average Bonchev–Trinajstić information content (AvgIpc) is 2.88. The lowest BCUT2D eigenvalue weighted by Gasteiger charge is -2.17. The van der Waals surface area contributed by atoms with E-state index < -0.39 is 0 Å². The molecule has 0 aliphatic heterocycles. The fourth-order valence-electron chi connectivity index (χ4n) is 1.74. The predicted molar refractivity (Wildman–Crippen MR) is 74.8 cm³/mol. The van der Waals surface area contributed by atoms with Gasteiger partial charge in [0.15, 0.2) is 0 Å². The molecule has 1 aromatic heterocycles. The summed E-state index contributed by atoms with van der Waals surface area (Å²) in [6, 6.07) is 7.99. The maximum atomic E-state index is 12.1. The number of phenols is 2. The molecule has 1 aromatic carbocycles. The third-order valence-corrected chi connectivity index (χ3v) is 3.77. The fourth-order valence-corrected chi connectivity index (χ4v) is 2.44. The Balaban J connectivity index is 2.02. The molecule has 0 aliphatic rings. The molecule has 1 heterocycles. The van der Waals surface area contributed by atoms with Crippen molar-refractivity contribution in [1.82, 2.24) is 4.90 Å². The van der Waals surface area contributed by atoms with Gasteiger partial charge in [0, 0.05) is 24.5 Å². The normalized spacial score (nSPS) is 10.4. The van der Waals surface area contributed by atoms with Crippen LogP contribution >= 0.6 is 11.3 Å². The highest BCUT2D eigenvalue weighted by Gasteiger charge is 2.16. The van der Waals surface area contributed by atoms with Gasteiger partial charge in [-0.15, -0.1) is 11.3 Å². The number of hydrogen-bond donors (Lipinski definition) is 2. The monoisotopic (exact) mass is 277 g/mol. The van der Waals surface area contributed by atoms with Gasteiger partial charge in [0.05, 0.1) is 5.56 Å². The Bertz CT molecular complexity index is 566. The van der Waals surface area contributed by atoms with E-state index in [0.717, 1.165) is 6.42 Å². The van der Waals surface area contributed by atoms with Crippen molar-refractivity contribution in [3.05, 3.63) is 46.2 Å². The Labute approximate surface area is 115 Å². The Morgan fingerprint density at radius 3 is 2.74 bits per heavy atom. The molecule has 5 heteroatoms. The second-order valence-corrected chi connectivity index (χ2v) is 5.29. The van der Waals surface area contributed by atoms with Crippen LogP contribution in [0.3, 0.4) is 0 Å². The second-order valence-electron chi connectivity index (χ2n) is 4.26. The molecule has 0 aliphatic carbocycles.